The maximum atomic E-state index is 5.75. The minimum absolute atomic E-state index is 0.641. The molecule has 0 radical (unpaired) electrons. The van der Waals surface area contributed by atoms with Crippen molar-refractivity contribution in [2.24, 2.45) is 0 Å². The van der Waals surface area contributed by atoms with Crippen molar-refractivity contribution in [1.82, 2.24) is 0 Å². The number of nitrogens with zero attached hydrogens (tertiary/aromatic N) is 1. The summed E-state index contributed by atoms with van der Waals surface area (Å²) in [4.78, 5) is 0. The van der Waals surface area contributed by atoms with Gasteiger partial charge in [-0.05, 0) is 56.7 Å². The molecule has 0 saturated carbocycles. The molecular formula is C24H37N2O3+. The van der Waals surface area contributed by atoms with Crippen LogP contribution in [0.15, 0.2) is 42.5 Å². The first-order valence-electron chi connectivity index (χ1n) is 10.6. The molecule has 0 atom stereocenters. The van der Waals surface area contributed by atoms with Crippen LogP contribution in [-0.4, -0.2) is 51.5 Å². The van der Waals surface area contributed by atoms with Crippen molar-refractivity contribution >= 4 is 5.69 Å². The first-order chi connectivity index (χ1) is 14.0. The van der Waals surface area contributed by atoms with Gasteiger partial charge in [-0.1, -0.05) is 6.92 Å². The molecule has 5 nitrogen and oxygen atoms in total. The van der Waals surface area contributed by atoms with Crippen LogP contribution < -0.4 is 19.5 Å². The Hall–Kier alpha value is -2.40. The molecule has 2 aromatic rings. The summed E-state index contributed by atoms with van der Waals surface area (Å²) in [5.41, 5.74) is 2.29. The van der Waals surface area contributed by atoms with E-state index in [-0.39, 0.29) is 0 Å². The molecule has 2 rings (SSSR count). The number of hydrogen-bond acceptors (Lipinski definition) is 4. The highest BCUT2D eigenvalue weighted by Crippen LogP contribution is 2.29. The summed E-state index contributed by atoms with van der Waals surface area (Å²) in [5.74, 6) is 2.67. The van der Waals surface area contributed by atoms with Crippen LogP contribution in [0.25, 0.3) is 0 Å². The van der Waals surface area contributed by atoms with Crippen LogP contribution in [-0.2, 0) is 6.54 Å². The van der Waals surface area contributed by atoms with Gasteiger partial charge >= 0.3 is 0 Å². The summed E-state index contributed by atoms with van der Waals surface area (Å²) in [6.07, 6.45) is 1.02. The molecule has 29 heavy (non-hydrogen) atoms. The quantitative estimate of drug-likeness (QED) is 0.482. The number of nitrogens with one attached hydrogen (secondary N) is 1. The molecular weight excluding hydrogens is 364 g/mol. The molecule has 0 aromatic heterocycles. The lowest BCUT2D eigenvalue weighted by Gasteiger charge is -2.30. The van der Waals surface area contributed by atoms with Crippen LogP contribution in [0.5, 0.6) is 17.2 Å². The third-order valence-electron chi connectivity index (χ3n) is 4.60. The van der Waals surface area contributed by atoms with Gasteiger partial charge in [0.1, 0.15) is 23.8 Å². The van der Waals surface area contributed by atoms with Crippen molar-refractivity contribution < 1.29 is 18.7 Å². The summed E-state index contributed by atoms with van der Waals surface area (Å²) in [6.45, 7) is 11.0. The van der Waals surface area contributed by atoms with E-state index < -0.39 is 0 Å². The van der Waals surface area contributed by atoms with E-state index in [2.05, 4.69) is 50.6 Å². The number of rotatable bonds is 13. The normalized spacial score (nSPS) is 11.2. The molecule has 2 aromatic carbocycles. The Morgan fingerprint density at radius 2 is 1.52 bits per heavy atom. The van der Waals surface area contributed by atoms with Gasteiger partial charge in [-0.15, -0.1) is 0 Å². The highest BCUT2D eigenvalue weighted by atomic mass is 16.5. The minimum atomic E-state index is 0.641. The van der Waals surface area contributed by atoms with Gasteiger partial charge in [-0.2, -0.15) is 0 Å². The second-order valence-corrected chi connectivity index (χ2v) is 7.76. The molecule has 0 saturated heterocycles. The molecule has 0 aliphatic carbocycles. The summed E-state index contributed by atoms with van der Waals surface area (Å²) in [7, 11) is 4.51. The minimum Gasteiger partial charge on any atom is -0.494 e. The smallest absolute Gasteiger partial charge is 0.142 e. The van der Waals surface area contributed by atoms with E-state index in [4.69, 9.17) is 14.2 Å². The predicted molar refractivity (Wildman–Crippen MR) is 120 cm³/mol. The fourth-order valence-electron chi connectivity index (χ4n) is 3.16. The van der Waals surface area contributed by atoms with Crippen molar-refractivity contribution in [3.8, 4) is 17.2 Å². The topological polar surface area (TPSA) is 39.7 Å². The Bertz CT molecular complexity index is 729. The van der Waals surface area contributed by atoms with Gasteiger partial charge in [0, 0.05) is 11.6 Å². The van der Waals surface area contributed by atoms with Gasteiger partial charge in [0.15, 0.2) is 0 Å². The summed E-state index contributed by atoms with van der Waals surface area (Å²) in [6, 6.07) is 14.4. The van der Waals surface area contributed by atoms with Gasteiger partial charge in [-0.3, -0.25) is 0 Å². The van der Waals surface area contributed by atoms with E-state index in [0.29, 0.717) is 13.2 Å². The molecule has 0 aliphatic heterocycles. The number of quaternary nitrogens is 1. The standard InChI is InChI=1S/C24H37N2O3/c1-6-17-29-21-11-9-20(10-12-21)19-26(4,5)16-15-25-23-18-22(27-7-2)13-14-24(23)28-8-3/h9-14,18,25H,6-8,15-17,19H2,1-5H3/q+1. The van der Waals surface area contributed by atoms with Crippen LogP contribution >= 0.6 is 0 Å². The van der Waals surface area contributed by atoms with E-state index in [1.54, 1.807) is 0 Å². The fraction of sp³-hybridized carbons (Fsp3) is 0.500. The zero-order chi connectivity index (χ0) is 21.1. The number of benzene rings is 2. The maximum absolute atomic E-state index is 5.75. The van der Waals surface area contributed by atoms with Crippen molar-refractivity contribution in [2.45, 2.75) is 33.7 Å². The first-order valence-corrected chi connectivity index (χ1v) is 10.6. The molecule has 0 bridgehead atoms. The van der Waals surface area contributed by atoms with Crippen LogP contribution in [0.2, 0.25) is 0 Å². The van der Waals surface area contributed by atoms with Crippen LogP contribution in [0, 0.1) is 0 Å². The molecule has 0 fully saturated rings. The Morgan fingerprint density at radius 1 is 0.828 bits per heavy atom. The zero-order valence-electron chi connectivity index (χ0n) is 18.7. The van der Waals surface area contributed by atoms with Crippen LogP contribution in [0.1, 0.15) is 32.8 Å². The van der Waals surface area contributed by atoms with Crippen LogP contribution in [0.4, 0.5) is 5.69 Å². The summed E-state index contributed by atoms with van der Waals surface area (Å²) < 4.78 is 17.9. The van der Waals surface area contributed by atoms with E-state index in [9.17, 15) is 0 Å². The molecule has 0 amide bonds. The zero-order valence-corrected chi connectivity index (χ0v) is 18.7. The maximum Gasteiger partial charge on any atom is 0.142 e. The predicted octanol–water partition coefficient (Wildman–Crippen LogP) is 4.96. The lowest BCUT2D eigenvalue weighted by atomic mass is 10.2. The Morgan fingerprint density at radius 3 is 2.17 bits per heavy atom. The largest absolute Gasteiger partial charge is 0.494 e. The van der Waals surface area contributed by atoms with Gasteiger partial charge in [0.25, 0.3) is 0 Å². The fourth-order valence-corrected chi connectivity index (χ4v) is 3.16. The molecule has 0 heterocycles. The van der Waals surface area contributed by atoms with Gasteiger partial charge in [-0.25, -0.2) is 0 Å². The Kier molecular flexibility index (Phi) is 9.13. The molecule has 0 unspecified atom stereocenters. The number of anilines is 1. The lowest BCUT2D eigenvalue weighted by Crippen LogP contribution is -2.42. The van der Waals surface area contributed by atoms with Gasteiger partial charge < -0.3 is 24.0 Å². The summed E-state index contributed by atoms with van der Waals surface area (Å²) >= 11 is 0. The number of hydrogen-bond donors (Lipinski definition) is 1. The third kappa shape index (κ3) is 7.86. The monoisotopic (exact) mass is 401 g/mol. The van der Waals surface area contributed by atoms with Gasteiger partial charge in [0.05, 0.1) is 52.7 Å². The van der Waals surface area contributed by atoms with E-state index >= 15 is 0 Å². The average Bonchev–Trinajstić information content (AvgIpc) is 2.69. The van der Waals surface area contributed by atoms with E-state index in [1.807, 2.05) is 32.0 Å². The van der Waals surface area contributed by atoms with E-state index in [1.165, 1.54) is 5.56 Å². The van der Waals surface area contributed by atoms with Gasteiger partial charge in [0.2, 0.25) is 0 Å². The lowest BCUT2D eigenvalue weighted by molar-refractivity contribution is -0.902. The second kappa shape index (κ2) is 11.6. The van der Waals surface area contributed by atoms with Crippen molar-refractivity contribution in [3.05, 3.63) is 48.0 Å². The van der Waals surface area contributed by atoms with Crippen molar-refractivity contribution in [2.75, 3.05) is 52.3 Å². The number of likely N-dealkylation sites (N-methyl/N-ethyl adjacent to an activating group) is 1. The molecule has 0 spiro atoms. The highest BCUT2D eigenvalue weighted by Gasteiger charge is 2.16. The average molecular weight is 402 g/mol. The van der Waals surface area contributed by atoms with Crippen molar-refractivity contribution in [3.63, 3.8) is 0 Å². The van der Waals surface area contributed by atoms with Crippen molar-refractivity contribution in [1.29, 1.82) is 0 Å². The molecule has 0 aliphatic rings. The summed E-state index contributed by atoms with van der Waals surface area (Å²) in [5, 5.41) is 3.53. The molecule has 1 N–H and O–H groups in total. The Labute approximate surface area is 176 Å². The SMILES string of the molecule is CCCOc1ccc(C[N+](C)(C)CCNc2cc(OCC)ccc2OCC)cc1. The Balaban J connectivity index is 1.92. The second-order valence-electron chi connectivity index (χ2n) is 7.76. The van der Waals surface area contributed by atoms with Crippen LogP contribution in [0.3, 0.4) is 0 Å². The number of ether oxygens (including phenoxy) is 3. The third-order valence-corrected chi connectivity index (χ3v) is 4.60. The molecule has 5 heteroatoms. The molecule has 160 valence electrons. The van der Waals surface area contributed by atoms with E-state index in [0.717, 1.165) is 60.1 Å². The first kappa shape index (κ1) is 22.9. The highest BCUT2D eigenvalue weighted by molar-refractivity contribution is 5.59.